The minimum atomic E-state index is 0.472. The van der Waals surface area contributed by atoms with Crippen molar-refractivity contribution in [1.29, 1.82) is 0 Å². The van der Waals surface area contributed by atoms with Crippen LogP contribution in [0.15, 0.2) is 18.2 Å². The highest BCUT2D eigenvalue weighted by Gasteiger charge is 2.27. The van der Waals surface area contributed by atoms with Crippen LogP contribution in [0.5, 0.6) is 0 Å². The molecule has 11 heavy (non-hydrogen) atoms. The Bertz CT molecular complexity index is 244. The predicted molar refractivity (Wildman–Crippen MR) is 46.5 cm³/mol. The lowest BCUT2D eigenvalue weighted by molar-refractivity contribution is 0.392. The van der Waals surface area contributed by atoms with Crippen LogP contribution in [0.4, 0.5) is 0 Å². The molecule has 1 radical (unpaired) electrons. The Labute approximate surface area is 68.3 Å². The van der Waals surface area contributed by atoms with Crippen molar-refractivity contribution < 1.29 is 0 Å². The fourth-order valence-corrected chi connectivity index (χ4v) is 1.89. The summed E-state index contributed by atoms with van der Waals surface area (Å²) in [4.78, 5) is 0. The van der Waals surface area contributed by atoms with Crippen LogP contribution in [0.2, 0.25) is 0 Å². The third kappa shape index (κ3) is 1.18. The third-order valence-corrected chi connectivity index (χ3v) is 2.36. The van der Waals surface area contributed by atoms with Gasteiger partial charge in [-0.3, -0.25) is 0 Å². The van der Waals surface area contributed by atoms with Crippen molar-refractivity contribution in [3.63, 3.8) is 0 Å². The Morgan fingerprint density at radius 2 is 2.18 bits per heavy atom. The maximum atomic E-state index is 3.30. The lowest BCUT2D eigenvalue weighted by Gasteiger charge is -2.14. The maximum absolute atomic E-state index is 3.30. The fourth-order valence-electron chi connectivity index (χ4n) is 1.89. The van der Waals surface area contributed by atoms with E-state index in [0.717, 1.165) is 0 Å². The summed E-state index contributed by atoms with van der Waals surface area (Å²) in [6.45, 7) is 4.64. The van der Waals surface area contributed by atoms with Gasteiger partial charge in [0.1, 0.15) is 0 Å². The molecule has 0 saturated heterocycles. The van der Waals surface area contributed by atoms with Crippen LogP contribution < -0.4 is 0 Å². The zero-order valence-corrected chi connectivity index (χ0v) is 7.15. The second-order valence-electron chi connectivity index (χ2n) is 4.19. The average Bonchev–Trinajstić information content (AvgIpc) is 2.21. The maximum Gasteiger partial charge on any atom is -0.0146 e. The van der Waals surface area contributed by atoms with Gasteiger partial charge in [-0.1, -0.05) is 32.0 Å². The molecule has 1 aliphatic rings. The van der Waals surface area contributed by atoms with Gasteiger partial charge in [0, 0.05) is 0 Å². The van der Waals surface area contributed by atoms with E-state index in [9.17, 15) is 0 Å². The van der Waals surface area contributed by atoms with Gasteiger partial charge in [-0.15, -0.1) is 0 Å². The van der Waals surface area contributed by atoms with Gasteiger partial charge in [0.05, 0.1) is 0 Å². The molecule has 0 aromatic heterocycles. The summed E-state index contributed by atoms with van der Waals surface area (Å²) < 4.78 is 0. The first-order chi connectivity index (χ1) is 5.17. The van der Waals surface area contributed by atoms with Gasteiger partial charge in [-0.2, -0.15) is 0 Å². The van der Waals surface area contributed by atoms with E-state index in [1.807, 2.05) is 6.07 Å². The molecule has 2 rings (SSSR count). The van der Waals surface area contributed by atoms with Crippen LogP contribution in [-0.4, -0.2) is 0 Å². The van der Waals surface area contributed by atoms with Crippen LogP contribution >= 0.6 is 0 Å². The molecule has 1 aromatic carbocycles. The largest absolute Gasteiger partial charge is 0.0614 e. The lowest BCUT2D eigenvalue weighted by atomic mass is 9.90. The van der Waals surface area contributed by atoms with Crippen LogP contribution in [-0.2, 0) is 12.8 Å². The van der Waals surface area contributed by atoms with Crippen LogP contribution in [0.1, 0.15) is 25.0 Å². The molecule has 0 atom stereocenters. The lowest BCUT2D eigenvalue weighted by Crippen LogP contribution is -2.09. The summed E-state index contributed by atoms with van der Waals surface area (Å²) >= 11 is 0. The van der Waals surface area contributed by atoms with Crippen LogP contribution in [0.3, 0.4) is 0 Å². The molecule has 57 valence electrons. The number of benzene rings is 1. The van der Waals surface area contributed by atoms with Crippen molar-refractivity contribution in [2.24, 2.45) is 5.41 Å². The predicted octanol–water partition coefficient (Wildman–Crippen LogP) is 2.61. The van der Waals surface area contributed by atoms with Crippen molar-refractivity contribution in [2.75, 3.05) is 0 Å². The molecule has 0 saturated carbocycles. The first-order valence-electron chi connectivity index (χ1n) is 4.16. The van der Waals surface area contributed by atoms with Crippen molar-refractivity contribution >= 4 is 0 Å². The Morgan fingerprint density at radius 1 is 1.36 bits per heavy atom. The zero-order valence-electron chi connectivity index (χ0n) is 7.15. The summed E-state index contributed by atoms with van der Waals surface area (Å²) in [6.07, 6.45) is 2.42. The van der Waals surface area contributed by atoms with Crippen molar-refractivity contribution in [1.82, 2.24) is 0 Å². The molecule has 0 amide bonds. The van der Waals surface area contributed by atoms with E-state index in [2.05, 4.69) is 32.0 Å². The van der Waals surface area contributed by atoms with E-state index in [-0.39, 0.29) is 0 Å². The van der Waals surface area contributed by atoms with E-state index in [4.69, 9.17) is 0 Å². The van der Waals surface area contributed by atoms with Crippen molar-refractivity contribution in [3.05, 3.63) is 35.4 Å². The molecule has 0 unspecified atom stereocenters. The normalized spacial score (nSPS) is 19.8. The number of hydrogen-bond donors (Lipinski definition) is 0. The van der Waals surface area contributed by atoms with E-state index < -0.39 is 0 Å². The van der Waals surface area contributed by atoms with E-state index in [0.29, 0.717) is 5.41 Å². The summed E-state index contributed by atoms with van der Waals surface area (Å²) in [5.41, 5.74) is 3.40. The molecule has 0 aliphatic heterocycles. The minimum absolute atomic E-state index is 0.472. The molecule has 1 aromatic rings. The standard InChI is InChI=1S/C11H13/c1-11(2)7-9-5-3-4-6-10(9)8-11/h3-5H,7-8H2,1-2H3. The Kier molecular flexibility index (Phi) is 1.32. The monoisotopic (exact) mass is 145 g/mol. The van der Waals surface area contributed by atoms with Crippen molar-refractivity contribution in [2.45, 2.75) is 26.7 Å². The van der Waals surface area contributed by atoms with Crippen LogP contribution in [0, 0.1) is 11.5 Å². The van der Waals surface area contributed by atoms with Crippen LogP contribution in [0.25, 0.3) is 0 Å². The molecular weight excluding hydrogens is 132 g/mol. The SMILES string of the molecule is CC1(C)Cc2[c]cccc2C1. The highest BCUT2D eigenvalue weighted by atomic mass is 14.3. The van der Waals surface area contributed by atoms with Gasteiger partial charge in [0.25, 0.3) is 0 Å². The number of hydrogen-bond acceptors (Lipinski definition) is 0. The Morgan fingerprint density at radius 3 is 2.91 bits per heavy atom. The third-order valence-electron chi connectivity index (χ3n) is 2.36. The first-order valence-corrected chi connectivity index (χ1v) is 4.16. The van der Waals surface area contributed by atoms with Gasteiger partial charge in [-0.05, 0) is 35.4 Å². The molecule has 1 aliphatic carbocycles. The van der Waals surface area contributed by atoms with E-state index >= 15 is 0 Å². The second-order valence-corrected chi connectivity index (χ2v) is 4.19. The molecule has 0 nitrogen and oxygen atoms in total. The van der Waals surface area contributed by atoms with Gasteiger partial charge in [-0.25, -0.2) is 0 Å². The van der Waals surface area contributed by atoms with Gasteiger partial charge < -0.3 is 0 Å². The summed E-state index contributed by atoms with van der Waals surface area (Å²) in [5, 5.41) is 0. The summed E-state index contributed by atoms with van der Waals surface area (Å²) in [5.74, 6) is 0. The molecule has 0 heteroatoms. The fraction of sp³-hybridized carbons (Fsp3) is 0.455. The quantitative estimate of drug-likeness (QED) is 0.526. The van der Waals surface area contributed by atoms with Gasteiger partial charge in [0.15, 0.2) is 0 Å². The highest BCUT2D eigenvalue weighted by Crippen LogP contribution is 2.35. The molecule has 0 fully saturated rings. The van der Waals surface area contributed by atoms with E-state index in [1.54, 1.807) is 0 Å². The highest BCUT2D eigenvalue weighted by molar-refractivity contribution is 5.32. The molecular formula is C11H13. The summed E-state index contributed by atoms with van der Waals surface area (Å²) in [7, 11) is 0. The van der Waals surface area contributed by atoms with E-state index in [1.165, 1.54) is 24.0 Å². The Balaban J connectivity index is 2.41. The smallest absolute Gasteiger partial charge is 0.0146 e. The number of fused-ring (bicyclic) bond motifs is 1. The topological polar surface area (TPSA) is 0 Å². The molecule has 0 N–H and O–H groups in total. The first kappa shape index (κ1) is 6.90. The Hall–Kier alpha value is -0.780. The number of rotatable bonds is 0. The van der Waals surface area contributed by atoms with Gasteiger partial charge in [0.2, 0.25) is 0 Å². The van der Waals surface area contributed by atoms with Crippen molar-refractivity contribution in [3.8, 4) is 0 Å². The molecule has 0 spiro atoms. The second kappa shape index (κ2) is 2.10. The average molecular weight is 145 g/mol. The zero-order chi connectivity index (χ0) is 7.90. The summed E-state index contributed by atoms with van der Waals surface area (Å²) in [6, 6.07) is 9.62. The minimum Gasteiger partial charge on any atom is -0.0614 e. The van der Waals surface area contributed by atoms with Gasteiger partial charge >= 0.3 is 0 Å². The molecule has 0 heterocycles. The molecule has 0 bridgehead atoms.